The van der Waals surface area contributed by atoms with Gasteiger partial charge in [0.2, 0.25) is 5.91 Å². The van der Waals surface area contributed by atoms with Crippen LogP contribution in [0.5, 0.6) is 0 Å². The van der Waals surface area contributed by atoms with Gasteiger partial charge in [-0.15, -0.1) is 0 Å². The van der Waals surface area contributed by atoms with Crippen molar-refractivity contribution in [3.8, 4) is 0 Å². The summed E-state index contributed by atoms with van der Waals surface area (Å²) in [5.74, 6) is -0.715. The minimum atomic E-state index is -1.67. The Morgan fingerprint density at radius 1 is 0.593 bits per heavy atom. The molecular weight excluding hydrogens is 751 g/mol. The van der Waals surface area contributed by atoms with E-state index in [0.717, 1.165) is 38.5 Å². The zero-order chi connectivity index (χ0) is 43.4. The second-order valence-corrected chi connectivity index (χ2v) is 17.2. The van der Waals surface area contributed by atoms with Crippen molar-refractivity contribution in [1.82, 2.24) is 5.32 Å². The first kappa shape index (κ1) is 55.6. The Labute approximate surface area is 359 Å². The Kier molecular flexibility index (Phi) is 36.1. The molecule has 0 bridgehead atoms. The first-order chi connectivity index (χ1) is 28.7. The number of rotatable bonds is 40. The third-order valence-electron chi connectivity index (χ3n) is 11.7. The summed E-state index contributed by atoms with van der Waals surface area (Å²) in [6.07, 6.45) is 31.0. The normalized spacial score (nSPS) is 21.9. The van der Waals surface area contributed by atoms with Crippen LogP contribution in [0.3, 0.4) is 0 Å². The molecule has 0 saturated carbocycles. The van der Waals surface area contributed by atoms with E-state index in [2.05, 4.69) is 31.3 Å². The summed E-state index contributed by atoms with van der Waals surface area (Å²) in [6, 6.07) is -1.20. The van der Waals surface area contributed by atoms with E-state index in [0.29, 0.717) is 6.42 Å². The van der Waals surface area contributed by atoms with Gasteiger partial charge >= 0.3 is 0 Å². The number of carbonyl (C=O) groups is 1. The van der Waals surface area contributed by atoms with Gasteiger partial charge in [0, 0.05) is 0 Å². The SMILES string of the molecule is CCCCCCCC/C=C\CCCCCCCCCCCC[C@@H](O)C(=O)N[C@@H](COC1OC(CO)C(O)C(O)C1O)[C@H](O)[C@H](O)C/C=C/CCCCCCCCCCC. The third kappa shape index (κ3) is 28.0. The molecule has 59 heavy (non-hydrogen) atoms. The zero-order valence-electron chi connectivity index (χ0n) is 37.5. The largest absolute Gasteiger partial charge is 0.394 e. The van der Waals surface area contributed by atoms with Crippen molar-refractivity contribution < 1.29 is 50.0 Å². The van der Waals surface area contributed by atoms with E-state index < -0.39 is 74.2 Å². The highest BCUT2D eigenvalue weighted by atomic mass is 16.7. The van der Waals surface area contributed by atoms with Crippen LogP contribution < -0.4 is 5.32 Å². The molecule has 5 unspecified atom stereocenters. The Balaban J connectivity index is 2.41. The van der Waals surface area contributed by atoms with Gasteiger partial charge in [-0.3, -0.25) is 4.79 Å². The number of hydrogen-bond acceptors (Lipinski definition) is 10. The fourth-order valence-electron chi connectivity index (χ4n) is 7.67. The molecule has 0 aliphatic carbocycles. The Hall–Kier alpha value is -1.41. The highest BCUT2D eigenvalue weighted by Crippen LogP contribution is 2.23. The number of carbonyl (C=O) groups excluding carboxylic acids is 1. The number of ether oxygens (including phenoxy) is 2. The van der Waals surface area contributed by atoms with Gasteiger partial charge in [-0.25, -0.2) is 0 Å². The Bertz CT molecular complexity index is 1010. The van der Waals surface area contributed by atoms with E-state index in [9.17, 15) is 40.5 Å². The molecule has 11 heteroatoms. The fraction of sp³-hybridized carbons (Fsp3) is 0.896. The van der Waals surface area contributed by atoms with Crippen molar-refractivity contribution in [2.45, 2.75) is 262 Å². The van der Waals surface area contributed by atoms with Crippen LogP contribution in [0.4, 0.5) is 0 Å². The van der Waals surface area contributed by atoms with Crippen LogP contribution in [-0.4, -0.2) is 110 Å². The summed E-state index contributed by atoms with van der Waals surface area (Å²) in [4.78, 5) is 13.1. The molecule has 1 aliphatic heterocycles. The molecule has 0 aromatic carbocycles. The minimum absolute atomic E-state index is 0.130. The molecule has 1 rings (SSSR count). The van der Waals surface area contributed by atoms with Gasteiger partial charge in [0.05, 0.1) is 25.4 Å². The van der Waals surface area contributed by atoms with Crippen molar-refractivity contribution >= 4 is 5.91 Å². The third-order valence-corrected chi connectivity index (χ3v) is 11.7. The average Bonchev–Trinajstić information content (AvgIpc) is 3.23. The quantitative estimate of drug-likeness (QED) is 0.0221. The Morgan fingerprint density at radius 3 is 1.47 bits per heavy atom. The topological polar surface area (TPSA) is 189 Å². The molecule has 0 aromatic rings. The predicted octanol–water partition coefficient (Wildman–Crippen LogP) is 8.23. The second-order valence-electron chi connectivity index (χ2n) is 17.2. The monoisotopic (exact) mass is 842 g/mol. The number of nitrogens with one attached hydrogen (secondary N) is 1. The van der Waals surface area contributed by atoms with Gasteiger partial charge in [-0.1, -0.05) is 179 Å². The predicted molar refractivity (Wildman–Crippen MR) is 238 cm³/mol. The van der Waals surface area contributed by atoms with Crippen LogP contribution in [0.25, 0.3) is 0 Å². The lowest BCUT2D eigenvalue weighted by molar-refractivity contribution is -0.303. The van der Waals surface area contributed by atoms with Crippen LogP contribution in [0.1, 0.15) is 206 Å². The molecular formula is C48H91NO10. The molecule has 0 aromatic heterocycles. The van der Waals surface area contributed by atoms with Crippen molar-refractivity contribution in [3.05, 3.63) is 24.3 Å². The molecule has 1 heterocycles. The second kappa shape index (κ2) is 38.3. The van der Waals surface area contributed by atoms with Gasteiger partial charge < -0.3 is 50.5 Å². The van der Waals surface area contributed by atoms with Gasteiger partial charge in [-0.2, -0.15) is 0 Å². The van der Waals surface area contributed by atoms with Gasteiger partial charge in [0.25, 0.3) is 0 Å². The van der Waals surface area contributed by atoms with Crippen LogP contribution in [-0.2, 0) is 14.3 Å². The van der Waals surface area contributed by atoms with E-state index in [1.807, 2.05) is 12.2 Å². The van der Waals surface area contributed by atoms with E-state index in [-0.39, 0.29) is 12.8 Å². The smallest absolute Gasteiger partial charge is 0.249 e. The molecule has 8 N–H and O–H groups in total. The summed E-state index contributed by atoms with van der Waals surface area (Å²) < 4.78 is 11.1. The van der Waals surface area contributed by atoms with Crippen molar-refractivity contribution in [2.24, 2.45) is 0 Å². The molecule has 0 spiro atoms. The van der Waals surface area contributed by atoms with Crippen LogP contribution in [0.15, 0.2) is 24.3 Å². The van der Waals surface area contributed by atoms with E-state index in [1.54, 1.807) is 0 Å². The molecule has 1 amide bonds. The lowest BCUT2D eigenvalue weighted by Gasteiger charge is -2.40. The first-order valence-electron chi connectivity index (χ1n) is 24.2. The maximum absolute atomic E-state index is 13.1. The van der Waals surface area contributed by atoms with Crippen molar-refractivity contribution in [1.29, 1.82) is 0 Å². The minimum Gasteiger partial charge on any atom is -0.394 e. The number of aliphatic hydroxyl groups is 7. The first-order valence-corrected chi connectivity index (χ1v) is 24.2. The van der Waals surface area contributed by atoms with Gasteiger partial charge in [-0.05, 0) is 51.4 Å². The summed E-state index contributed by atoms with van der Waals surface area (Å²) in [7, 11) is 0. The maximum atomic E-state index is 13.1. The van der Waals surface area contributed by atoms with E-state index >= 15 is 0 Å². The zero-order valence-corrected chi connectivity index (χ0v) is 37.5. The van der Waals surface area contributed by atoms with E-state index in [4.69, 9.17) is 9.47 Å². The summed E-state index contributed by atoms with van der Waals surface area (Å²) in [5, 5.41) is 75.6. The number of amides is 1. The molecule has 1 saturated heterocycles. The molecule has 1 fully saturated rings. The fourth-order valence-corrected chi connectivity index (χ4v) is 7.67. The molecule has 348 valence electrons. The van der Waals surface area contributed by atoms with Crippen LogP contribution >= 0.6 is 0 Å². The van der Waals surface area contributed by atoms with Gasteiger partial charge in [0.1, 0.15) is 36.6 Å². The lowest BCUT2D eigenvalue weighted by Crippen LogP contribution is -2.60. The molecule has 0 radical (unpaired) electrons. The highest BCUT2D eigenvalue weighted by molar-refractivity contribution is 5.80. The van der Waals surface area contributed by atoms with Crippen molar-refractivity contribution in [3.63, 3.8) is 0 Å². The van der Waals surface area contributed by atoms with E-state index in [1.165, 1.54) is 135 Å². The number of allylic oxidation sites excluding steroid dienone is 3. The standard InChI is InChI=1S/C48H91NO10/c1-3-5-7-9-11-13-15-17-18-19-20-21-22-23-24-26-28-30-32-34-36-41(52)47(57)49-39(38-58-48-46(56)45(55)44(54)42(37-50)59-48)43(53)40(51)35-33-31-29-27-25-16-14-12-10-8-6-4-2/h17-18,31,33,39-46,48,50-56H,3-16,19-30,32,34-38H2,1-2H3,(H,49,57)/b18-17-,33-31+/t39-,40+,41+,42?,43-,44?,45?,46?,48?/m0/s1. The number of aliphatic hydroxyl groups excluding tert-OH is 7. The molecule has 11 nitrogen and oxygen atoms in total. The summed E-state index contributed by atoms with van der Waals surface area (Å²) in [6.45, 7) is 3.40. The molecule has 9 atom stereocenters. The Morgan fingerprint density at radius 2 is 1.02 bits per heavy atom. The lowest BCUT2D eigenvalue weighted by atomic mass is 9.99. The van der Waals surface area contributed by atoms with Crippen LogP contribution in [0, 0.1) is 0 Å². The molecule has 1 aliphatic rings. The maximum Gasteiger partial charge on any atom is 0.249 e. The van der Waals surface area contributed by atoms with Crippen LogP contribution in [0.2, 0.25) is 0 Å². The van der Waals surface area contributed by atoms with Crippen molar-refractivity contribution in [2.75, 3.05) is 13.2 Å². The number of hydrogen-bond donors (Lipinski definition) is 8. The summed E-state index contributed by atoms with van der Waals surface area (Å²) >= 11 is 0. The average molecular weight is 842 g/mol. The van der Waals surface area contributed by atoms with Gasteiger partial charge in [0.15, 0.2) is 6.29 Å². The number of unbranched alkanes of at least 4 members (excludes halogenated alkanes) is 25. The highest BCUT2D eigenvalue weighted by Gasteiger charge is 2.44. The summed E-state index contributed by atoms with van der Waals surface area (Å²) in [5.41, 5.74) is 0.